The van der Waals surface area contributed by atoms with E-state index in [0.717, 1.165) is 22.1 Å². The summed E-state index contributed by atoms with van der Waals surface area (Å²) in [6.07, 6.45) is 1.91. The van der Waals surface area contributed by atoms with E-state index < -0.39 is 24.6 Å². The van der Waals surface area contributed by atoms with Gasteiger partial charge in [0.15, 0.2) is 6.61 Å². The molecule has 0 aliphatic heterocycles. The zero-order valence-electron chi connectivity index (χ0n) is 14.5. The van der Waals surface area contributed by atoms with Gasteiger partial charge >= 0.3 is 12.1 Å². The molecule has 0 saturated heterocycles. The van der Waals surface area contributed by atoms with E-state index in [9.17, 15) is 14.4 Å². The summed E-state index contributed by atoms with van der Waals surface area (Å²) >= 11 is 0. The van der Waals surface area contributed by atoms with Gasteiger partial charge in [-0.2, -0.15) is 0 Å². The second kappa shape index (κ2) is 9.22. The maximum Gasteiger partial charge on any atom is 0.413 e. The minimum atomic E-state index is -0.878. The van der Waals surface area contributed by atoms with Gasteiger partial charge in [0.05, 0.1) is 13.7 Å². The molecule has 0 atom stereocenters. The number of imide groups is 1. The van der Waals surface area contributed by atoms with Crippen molar-refractivity contribution in [3.8, 4) is 5.75 Å². The van der Waals surface area contributed by atoms with Gasteiger partial charge in [-0.25, -0.2) is 9.59 Å². The Labute approximate surface area is 150 Å². The van der Waals surface area contributed by atoms with Gasteiger partial charge in [0, 0.05) is 6.08 Å². The highest BCUT2D eigenvalue weighted by Crippen LogP contribution is 2.22. The van der Waals surface area contributed by atoms with Gasteiger partial charge in [-0.3, -0.25) is 10.1 Å². The quantitative estimate of drug-likeness (QED) is 0.631. The Morgan fingerprint density at radius 1 is 1.04 bits per heavy atom. The first-order chi connectivity index (χ1) is 12.5. The molecule has 0 fully saturated rings. The second-order valence-corrected chi connectivity index (χ2v) is 5.18. The third-order valence-corrected chi connectivity index (χ3v) is 3.35. The van der Waals surface area contributed by atoms with Gasteiger partial charge in [0.1, 0.15) is 5.75 Å². The van der Waals surface area contributed by atoms with Crippen LogP contribution < -0.4 is 10.1 Å². The molecule has 0 unspecified atom stereocenters. The number of rotatable bonds is 6. The monoisotopic (exact) mass is 357 g/mol. The van der Waals surface area contributed by atoms with E-state index in [-0.39, 0.29) is 6.61 Å². The SMILES string of the molecule is CCOC(=O)NC(=O)COC(=O)/C=C/c1ccc2cc(OC)ccc2c1. The predicted molar refractivity (Wildman–Crippen MR) is 95.7 cm³/mol. The van der Waals surface area contributed by atoms with Gasteiger partial charge < -0.3 is 14.2 Å². The minimum Gasteiger partial charge on any atom is -0.497 e. The molecule has 2 aromatic carbocycles. The zero-order chi connectivity index (χ0) is 18.9. The van der Waals surface area contributed by atoms with Crippen LogP contribution in [-0.2, 0) is 19.1 Å². The van der Waals surface area contributed by atoms with Crippen molar-refractivity contribution in [1.82, 2.24) is 5.32 Å². The Bertz CT molecular complexity index is 843. The molecule has 7 heteroatoms. The molecule has 2 rings (SSSR count). The average molecular weight is 357 g/mol. The topological polar surface area (TPSA) is 90.9 Å². The average Bonchev–Trinajstić information content (AvgIpc) is 2.64. The van der Waals surface area contributed by atoms with Gasteiger partial charge in [-0.15, -0.1) is 0 Å². The van der Waals surface area contributed by atoms with Gasteiger partial charge in [0.25, 0.3) is 5.91 Å². The number of hydrogen-bond acceptors (Lipinski definition) is 6. The van der Waals surface area contributed by atoms with Crippen molar-refractivity contribution in [2.45, 2.75) is 6.92 Å². The van der Waals surface area contributed by atoms with Crippen molar-refractivity contribution in [3.63, 3.8) is 0 Å². The summed E-state index contributed by atoms with van der Waals surface area (Å²) in [6.45, 7) is 1.18. The lowest BCUT2D eigenvalue weighted by atomic mass is 10.1. The van der Waals surface area contributed by atoms with Gasteiger partial charge in [0.2, 0.25) is 0 Å². The molecule has 0 aliphatic rings. The molecule has 7 nitrogen and oxygen atoms in total. The van der Waals surface area contributed by atoms with Crippen LogP contribution in [0.4, 0.5) is 4.79 Å². The first kappa shape index (κ1) is 19.0. The number of methoxy groups -OCH3 is 1. The number of amides is 2. The largest absolute Gasteiger partial charge is 0.497 e. The number of carbonyl (C=O) groups excluding carboxylic acids is 3. The molecule has 0 heterocycles. The Hall–Kier alpha value is -3.35. The Morgan fingerprint density at radius 2 is 1.77 bits per heavy atom. The van der Waals surface area contributed by atoms with Crippen molar-refractivity contribution in [3.05, 3.63) is 48.0 Å². The summed E-state index contributed by atoms with van der Waals surface area (Å²) in [5, 5.41) is 3.94. The van der Waals surface area contributed by atoms with Crippen LogP contribution in [0.1, 0.15) is 12.5 Å². The number of esters is 1. The summed E-state index contributed by atoms with van der Waals surface area (Å²) in [4.78, 5) is 34.1. The number of ether oxygens (including phenoxy) is 3. The lowest BCUT2D eigenvalue weighted by Gasteiger charge is -2.04. The van der Waals surface area contributed by atoms with Crippen LogP contribution in [-0.4, -0.2) is 38.3 Å². The lowest BCUT2D eigenvalue weighted by molar-refractivity contribution is -0.143. The number of carbonyl (C=O) groups is 3. The van der Waals surface area contributed by atoms with Gasteiger partial charge in [-0.05, 0) is 47.5 Å². The lowest BCUT2D eigenvalue weighted by Crippen LogP contribution is -2.34. The molecule has 0 saturated carbocycles. The smallest absolute Gasteiger partial charge is 0.413 e. The Balaban J connectivity index is 1.90. The van der Waals surface area contributed by atoms with Gasteiger partial charge in [-0.1, -0.05) is 18.2 Å². The summed E-state index contributed by atoms with van der Waals surface area (Å²) in [7, 11) is 1.61. The number of hydrogen-bond donors (Lipinski definition) is 1. The van der Waals surface area contributed by atoms with E-state index >= 15 is 0 Å². The third kappa shape index (κ3) is 5.62. The number of alkyl carbamates (subject to hydrolysis) is 1. The third-order valence-electron chi connectivity index (χ3n) is 3.35. The highest BCUT2D eigenvalue weighted by atomic mass is 16.6. The second-order valence-electron chi connectivity index (χ2n) is 5.18. The molecule has 136 valence electrons. The summed E-state index contributed by atoms with van der Waals surface area (Å²) in [5.41, 5.74) is 0.801. The van der Waals surface area contributed by atoms with Crippen LogP contribution in [0.2, 0.25) is 0 Å². The van der Waals surface area contributed by atoms with E-state index in [1.54, 1.807) is 20.1 Å². The van der Waals surface area contributed by atoms with E-state index in [1.807, 2.05) is 41.7 Å². The molecule has 2 aromatic rings. The summed E-state index contributed by atoms with van der Waals surface area (Å²) in [6, 6.07) is 11.4. The fraction of sp³-hybridized carbons (Fsp3) is 0.211. The molecule has 0 aromatic heterocycles. The molecule has 0 radical (unpaired) electrons. The summed E-state index contributed by atoms with van der Waals surface area (Å²) in [5.74, 6) is -0.686. The maximum absolute atomic E-state index is 11.7. The van der Waals surface area contributed by atoms with Crippen molar-refractivity contribution >= 4 is 34.8 Å². The molecule has 0 aliphatic carbocycles. The first-order valence-electron chi connectivity index (χ1n) is 7.91. The highest BCUT2D eigenvalue weighted by Gasteiger charge is 2.09. The Morgan fingerprint density at radius 3 is 2.50 bits per heavy atom. The molecular formula is C19H19NO6. The molecule has 1 N–H and O–H groups in total. The standard InChI is InChI=1S/C19H19NO6/c1-3-25-19(23)20-17(21)12-26-18(22)9-5-13-4-6-15-11-16(24-2)8-7-14(15)10-13/h4-11H,3,12H2,1-2H3,(H,20,21,23)/b9-5+. The van der Waals surface area contributed by atoms with E-state index in [4.69, 9.17) is 9.47 Å². The molecule has 0 bridgehead atoms. The Kier molecular flexibility index (Phi) is 6.73. The minimum absolute atomic E-state index is 0.139. The van der Waals surface area contributed by atoms with Crippen LogP contribution in [0.3, 0.4) is 0 Å². The molecule has 0 spiro atoms. The molecular weight excluding hydrogens is 338 g/mol. The predicted octanol–water partition coefficient (Wildman–Crippen LogP) is 2.68. The zero-order valence-corrected chi connectivity index (χ0v) is 14.5. The van der Waals surface area contributed by atoms with Crippen molar-refractivity contribution < 1.29 is 28.6 Å². The van der Waals surface area contributed by atoms with Crippen LogP contribution in [0, 0.1) is 0 Å². The number of fused-ring (bicyclic) bond motifs is 1. The fourth-order valence-electron chi connectivity index (χ4n) is 2.14. The maximum atomic E-state index is 11.7. The van der Waals surface area contributed by atoms with Crippen LogP contribution >= 0.6 is 0 Å². The van der Waals surface area contributed by atoms with Crippen molar-refractivity contribution in [2.75, 3.05) is 20.3 Å². The number of benzene rings is 2. The summed E-state index contributed by atoms with van der Waals surface area (Å²) < 4.78 is 14.5. The van der Waals surface area contributed by atoms with Crippen molar-refractivity contribution in [1.29, 1.82) is 0 Å². The van der Waals surface area contributed by atoms with E-state index in [0.29, 0.717) is 0 Å². The van der Waals surface area contributed by atoms with Crippen molar-refractivity contribution in [2.24, 2.45) is 0 Å². The van der Waals surface area contributed by atoms with Crippen LogP contribution in [0.25, 0.3) is 16.8 Å². The normalized spacial score (nSPS) is 10.5. The van der Waals surface area contributed by atoms with Crippen LogP contribution in [0.5, 0.6) is 5.75 Å². The van der Waals surface area contributed by atoms with E-state index in [1.165, 1.54) is 6.08 Å². The molecule has 26 heavy (non-hydrogen) atoms. The van der Waals surface area contributed by atoms with Crippen LogP contribution in [0.15, 0.2) is 42.5 Å². The highest BCUT2D eigenvalue weighted by molar-refractivity contribution is 5.95. The molecule has 2 amide bonds. The fourth-order valence-corrected chi connectivity index (χ4v) is 2.14. The number of nitrogens with one attached hydrogen (secondary N) is 1. The van der Waals surface area contributed by atoms with E-state index in [2.05, 4.69) is 4.74 Å². The first-order valence-corrected chi connectivity index (χ1v) is 7.91.